The smallest absolute Gasteiger partial charge is 0.125 e. The molecule has 2 atom stereocenters. The van der Waals surface area contributed by atoms with Gasteiger partial charge in [0.05, 0.1) is 11.2 Å². The number of hydrogen-bond acceptors (Lipinski definition) is 4. The van der Waals surface area contributed by atoms with Gasteiger partial charge in [0.1, 0.15) is 11.3 Å². The Morgan fingerprint density at radius 3 is 2.70 bits per heavy atom. The first-order valence-electron chi connectivity index (χ1n) is 8.08. The van der Waals surface area contributed by atoms with E-state index in [1.807, 2.05) is 18.2 Å². The largest absolute Gasteiger partial charge is 0.507 e. The molecule has 1 aromatic carbocycles. The van der Waals surface area contributed by atoms with Gasteiger partial charge in [-0.25, -0.2) is 0 Å². The second kappa shape index (κ2) is 4.55. The van der Waals surface area contributed by atoms with E-state index in [-0.39, 0.29) is 5.75 Å². The quantitative estimate of drug-likeness (QED) is 0.763. The normalized spacial score (nSPS) is 25.7. The number of phenolic OH excluding ortho intramolecular Hbond substituents is 1. The van der Waals surface area contributed by atoms with Crippen molar-refractivity contribution in [2.24, 2.45) is 11.8 Å². The van der Waals surface area contributed by atoms with E-state index in [1.165, 1.54) is 5.69 Å². The minimum atomic E-state index is 0.239. The zero-order valence-corrected chi connectivity index (χ0v) is 12.9. The van der Waals surface area contributed by atoms with Crippen LogP contribution in [0.4, 0.5) is 0 Å². The number of para-hydroxylation sites is 1. The molecule has 23 heavy (non-hydrogen) atoms. The highest BCUT2D eigenvalue weighted by Crippen LogP contribution is 2.54. The molecule has 5 nitrogen and oxygen atoms in total. The topological polar surface area (TPSA) is 63.0 Å². The fourth-order valence-electron chi connectivity index (χ4n) is 4.13. The van der Waals surface area contributed by atoms with Crippen molar-refractivity contribution in [3.05, 3.63) is 42.1 Å². The van der Waals surface area contributed by atoms with E-state index in [0.717, 1.165) is 47.2 Å². The average molecular weight is 306 g/mol. The lowest BCUT2D eigenvalue weighted by Crippen LogP contribution is -2.17. The van der Waals surface area contributed by atoms with Gasteiger partial charge in [0, 0.05) is 30.4 Å². The standard InChI is InChI=1S/C18H18N4O/c1-10-6-15-16(22(10)18-12-8-19-9-13(12)18)7-14(20-21-15)11-4-2-3-5-17(11)23/h2-7,12-13,18-19,23H,8-9H2,1H3. The summed E-state index contributed by atoms with van der Waals surface area (Å²) in [6.07, 6.45) is 0. The van der Waals surface area contributed by atoms with E-state index < -0.39 is 0 Å². The third kappa shape index (κ3) is 1.83. The molecule has 2 fully saturated rings. The van der Waals surface area contributed by atoms with Crippen LogP contribution in [0.15, 0.2) is 36.4 Å². The number of phenols is 1. The molecular weight excluding hydrogens is 288 g/mol. The van der Waals surface area contributed by atoms with E-state index >= 15 is 0 Å². The zero-order valence-electron chi connectivity index (χ0n) is 12.9. The molecule has 116 valence electrons. The number of hydrogen-bond donors (Lipinski definition) is 2. The zero-order chi connectivity index (χ0) is 15.6. The maximum absolute atomic E-state index is 10.1. The van der Waals surface area contributed by atoms with Crippen LogP contribution in [0.2, 0.25) is 0 Å². The lowest BCUT2D eigenvalue weighted by atomic mass is 10.1. The summed E-state index contributed by atoms with van der Waals surface area (Å²) in [5.74, 6) is 1.72. The van der Waals surface area contributed by atoms with E-state index in [1.54, 1.807) is 6.07 Å². The van der Waals surface area contributed by atoms with Gasteiger partial charge in [-0.1, -0.05) is 12.1 Å². The van der Waals surface area contributed by atoms with Crippen molar-refractivity contribution in [2.45, 2.75) is 13.0 Å². The van der Waals surface area contributed by atoms with Crippen molar-refractivity contribution in [2.75, 3.05) is 13.1 Å². The number of nitrogens with one attached hydrogen (secondary N) is 1. The average Bonchev–Trinajstić information content (AvgIpc) is 2.92. The van der Waals surface area contributed by atoms with Gasteiger partial charge in [-0.05, 0) is 43.0 Å². The Kier molecular flexibility index (Phi) is 2.59. The summed E-state index contributed by atoms with van der Waals surface area (Å²) in [4.78, 5) is 0. The summed E-state index contributed by atoms with van der Waals surface area (Å²) in [5, 5.41) is 22.2. The van der Waals surface area contributed by atoms with Crippen molar-refractivity contribution in [3.8, 4) is 17.0 Å². The number of nitrogens with zero attached hydrogens (tertiary/aromatic N) is 3. The van der Waals surface area contributed by atoms with Gasteiger partial charge >= 0.3 is 0 Å². The highest BCUT2D eigenvalue weighted by atomic mass is 16.3. The van der Waals surface area contributed by atoms with Gasteiger partial charge in [0.25, 0.3) is 0 Å². The Balaban J connectivity index is 1.66. The molecule has 1 saturated carbocycles. The van der Waals surface area contributed by atoms with E-state index in [9.17, 15) is 5.11 Å². The van der Waals surface area contributed by atoms with Crippen molar-refractivity contribution in [1.29, 1.82) is 0 Å². The van der Waals surface area contributed by atoms with Gasteiger partial charge in [0.15, 0.2) is 0 Å². The number of aromatic nitrogens is 3. The lowest BCUT2D eigenvalue weighted by molar-refractivity contribution is 0.477. The highest BCUT2D eigenvalue weighted by molar-refractivity contribution is 5.82. The molecule has 2 aromatic heterocycles. The van der Waals surface area contributed by atoms with Crippen LogP contribution >= 0.6 is 0 Å². The van der Waals surface area contributed by atoms with Gasteiger partial charge in [0.2, 0.25) is 0 Å². The molecule has 2 N–H and O–H groups in total. The molecule has 2 unspecified atom stereocenters. The predicted octanol–water partition coefficient (Wildman–Crippen LogP) is 2.50. The van der Waals surface area contributed by atoms with E-state index in [4.69, 9.17) is 0 Å². The summed E-state index contributed by atoms with van der Waals surface area (Å²) >= 11 is 0. The maximum atomic E-state index is 10.1. The van der Waals surface area contributed by atoms with Crippen LogP contribution in [-0.2, 0) is 0 Å². The number of fused-ring (bicyclic) bond motifs is 2. The Hall–Kier alpha value is -2.40. The minimum absolute atomic E-state index is 0.239. The fourth-order valence-corrected chi connectivity index (χ4v) is 4.13. The molecule has 1 aliphatic carbocycles. The number of aryl methyl sites for hydroxylation is 1. The van der Waals surface area contributed by atoms with E-state index in [2.05, 4.69) is 39.1 Å². The monoisotopic (exact) mass is 306 g/mol. The number of piperidine rings is 1. The molecule has 5 rings (SSSR count). The summed E-state index contributed by atoms with van der Waals surface area (Å²) in [6.45, 7) is 4.36. The van der Waals surface area contributed by atoms with E-state index in [0.29, 0.717) is 6.04 Å². The number of benzene rings is 1. The van der Waals surface area contributed by atoms with Crippen LogP contribution in [0.25, 0.3) is 22.3 Å². The molecule has 5 heteroatoms. The Bertz CT molecular complexity index is 907. The van der Waals surface area contributed by atoms with Gasteiger partial charge in [-0.3, -0.25) is 0 Å². The molecule has 0 spiro atoms. The summed E-state index contributed by atoms with van der Waals surface area (Å²) < 4.78 is 2.42. The third-order valence-electron chi connectivity index (χ3n) is 5.31. The summed E-state index contributed by atoms with van der Waals surface area (Å²) in [5.41, 5.74) is 4.74. The van der Waals surface area contributed by atoms with Crippen LogP contribution in [0.3, 0.4) is 0 Å². The molecule has 0 amide bonds. The predicted molar refractivity (Wildman–Crippen MR) is 88.3 cm³/mol. The first-order chi connectivity index (χ1) is 11.2. The van der Waals surface area contributed by atoms with Crippen LogP contribution in [0, 0.1) is 18.8 Å². The molecular formula is C18H18N4O. The molecule has 3 aromatic rings. The Morgan fingerprint density at radius 2 is 1.91 bits per heavy atom. The Morgan fingerprint density at radius 1 is 1.13 bits per heavy atom. The van der Waals surface area contributed by atoms with Crippen LogP contribution in [0.1, 0.15) is 11.7 Å². The first-order valence-corrected chi connectivity index (χ1v) is 8.08. The van der Waals surface area contributed by atoms with Crippen molar-refractivity contribution < 1.29 is 5.11 Å². The SMILES string of the molecule is Cc1cc2nnc(-c3ccccc3O)cc2n1C1C2CNCC21. The molecule has 1 saturated heterocycles. The van der Waals surface area contributed by atoms with Crippen LogP contribution in [0.5, 0.6) is 5.75 Å². The maximum Gasteiger partial charge on any atom is 0.125 e. The Labute approximate surface area is 134 Å². The van der Waals surface area contributed by atoms with Crippen LogP contribution < -0.4 is 5.32 Å². The molecule has 2 aliphatic rings. The fraction of sp³-hybridized carbons (Fsp3) is 0.333. The van der Waals surface area contributed by atoms with Gasteiger partial charge < -0.3 is 15.0 Å². The summed E-state index contributed by atoms with van der Waals surface area (Å²) in [7, 11) is 0. The molecule has 0 bridgehead atoms. The van der Waals surface area contributed by atoms with Crippen molar-refractivity contribution in [3.63, 3.8) is 0 Å². The molecule has 3 heterocycles. The second-order valence-electron chi connectivity index (χ2n) is 6.65. The minimum Gasteiger partial charge on any atom is -0.507 e. The second-order valence-corrected chi connectivity index (χ2v) is 6.65. The first kappa shape index (κ1) is 13.1. The highest BCUT2D eigenvalue weighted by Gasteiger charge is 2.54. The van der Waals surface area contributed by atoms with Gasteiger partial charge in [-0.15, -0.1) is 10.2 Å². The summed E-state index contributed by atoms with van der Waals surface area (Å²) in [6, 6.07) is 12.0. The molecule has 1 aliphatic heterocycles. The van der Waals surface area contributed by atoms with Crippen LogP contribution in [-0.4, -0.2) is 33.0 Å². The van der Waals surface area contributed by atoms with Gasteiger partial charge in [-0.2, -0.15) is 0 Å². The number of aromatic hydroxyl groups is 1. The molecule has 0 radical (unpaired) electrons. The van der Waals surface area contributed by atoms with Crippen molar-refractivity contribution >= 4 is 11.0 Å². The lowest BCUT2D eigenvalue weighted by Gasteiger charge is -2.11. The number of rotatable bonds is 2. The third-order valence-corrected chi connectivity index (χ3v) is 5.31. The van der Waals surface area contributed by atoms with Crippen molar-refractivity contribution in [1.82, 2.24) is 20.1 Å².